The lowest BCUT2D eigenvalue weighted by molar-refractivity contribution is -0.115. The molecule has 4 rings (SSSR count). The van der Waals surface area contributed by atoms with Crippen LogP contribution in [0.3, 0.4) is 0 Å². The molecule has 1 aliphatic rings. The summed E-state index contributed by atoms with van der Waals surface area (Å²) in [7, 11) is 0. The fourth-order valence-corrected chi connectivity index (χ4v) is 6.02. The zero-order valence-electron chi connectivity index (χ0n) is 20.8. The van der Waals surface area contributed by atoms with Crippen molar-refractivity contribution in [1.29, 1.82) is 0 Å². The molecule has 0 radical (unpaired) electrons. The number of Topliss-reactive ketones (excluding diaryl/α,β-unsaturated/α-hetero) is 1. The minimum atomic E-state index is -0.925. The van der Waals surface area contributed by atoms with Crippen molar-refractivity contribution in [3.8, 4) is 10.4 Å². The van der Waals surface area contributed by atoms with E-state index in [-0.39, 0.29) is 17.6 Å². The van der Waals surface area contributed by atoms with Gasteiger partial charge in [0.05, 0.1) is 5.69 Å². The quantitative estimate of drug-likeness (QED) is 0.286. The number of thiophene rings is 1. The van der Waals surface area contributed by atoms with Crippen molar-refractivity contribution < 1.29 is 14.7 Å². The van der Waals surface area contributed by atoms with Crippen molar-refractivity contribution in [2.24, 2.45) is 5.92 Å². The Labute approximate surface area is 221 Å². The smallest absolute Gasteiger partial charge is 0.348 e. The maximum absolute atomic E-state index is 12.6. The second-order valence-electron chi connectivity index (χ2n) is 9.30. The first kappa shape index (κ1) is 26.0. The molecule has 1 aliphatic heterocycles. The molecule has 3 aromatic rings. The van der Waals surface area contributed by atoms with Gasteiger partial charge in [-0.25, -0.2) is 4.79 Å². The standard InChI is InChI=1S/C30H31NO3S2/c1-19-4-9-23(10-5-19)21(3)17-31-26-16-28(36-29(26)30(33)34)24-11-6-22(7-12-24)8-13-27(32)25-18-35-15-14-20(25)2/h4-7,9-12,14-16,18,20-21,31H,8,13,17H2,1-3H3,(H,33,34). The fraction of sp³-hybridized carbons (Fsp3) is 0.267. The number of allylic oxidation sites excluding steroid dienone is 2. The molecule has 0 bridgehead atoms. The van der Waals surface area contributed by atoms with Gasteiger partial charge in [0.15, 0.2) is 5.78 Å². The average Bonchev–Trinajstić information content (AvgIpc) is 3.31. The summed E-state index contributed by atoms with van der Waals surface area (Å²) in [5, 5.41) is 17.1. The molecule has 2 heterocycles. The van der Waals surface area contributed by atoms with Crippen LogP contribution in [0.25, 0.3) is 10.4 Å². The number of benzene rings is 2. The van der Waals surface area contributed by atoms with Gasteiger partial charge in [-0.05, 0) is 52.8 Å². The third-order valence-corrected chi connectivity index (χ3v) is 8.38. The third-order valence-electron chi connectivity index (χ3n) is 6.50. The number of carbonyl (C=O) groups is 2. The van der Waals surface area contributed by atoms with E-state index in [1.54, 1.807) is 11.8 Å². The first-order chi connectivity index (χ1) is 17.3. The lowest BCUT2D eigenvalue weighted by Gasteiger charge is -2.14. The average molecular weight is 518 g/mol. The molecular formula is C30H31NO3S2. The van der Waals surface area contributed by atoms with Gasteiger partial charge in [-0.15, -0.1) is 23.1 Å². The van der Waals surface area contributed by atoms with Crippen LogP contribution < -0.4 is 5.32 Å². The summed E-state index contributed by atoms with van der Waals surface area (Å²) in [6.07, 6.45) is 3.23. The molecule has 1 aromatic heterocycles. The van der Waals surface area contributed by atoms with Crippen LogP contribution in [0.5, 0.6) is 0 Å². The Morgan fingerprint density at radius 1 is 1.08 bits per heavy atom. The zero-order chi connectivity index (χ0) is 25.7. The van der Waals surface area contributed by atoms with Gasteiger partial charge in [-0.3, -0.25) is 4.79 Å². The summed E-state index contributed by atoms with van der Waals surface area (Å²) in [5.74, 6) is -0.305. The molecule has 6 heteroatoms. The summed E-state index contributed by atoms with van der Waals surface area (Å²) < 4.78 is 0. The maximum atomic E-state index is 12.6. The third kappa shape index (κ3) is 6.37. The summed E-state index contributed by atoms with van der Waals surface area (Å²) in [6.45, 7) is 6.90. The predicted molar refractivity (Wildman–Crippen MR) is 152 cm³/mol. The highest BCUT2D eigenvalue weighted by Gasteiger charge is 2.19. The Morgan fingerprint density at radius 3 is 2.47 bits per heavy atom. The topological polar surface area (TPSA) is 66.4 Å². The molecule has 2 atom stereocenters. The van der Waals surface area contributed by atoms with Gasteiger partial charge >= 0.3 is 5.97 Å². The largest absolute Gasteiger partial charge is 0.477 e. The molecular weight excluding hydrogens is 486 g/mol. The fourth-order valence-electron chi connectivity index (χ4n) is 4.14. The van der Waals surface area contributed by atoms with Crippen LogP contribution >= 0.6 is 23.1 Å². The molecule has 0 saturated carbocycles. The Hall–Kier alpha value is -3.09. The highest BCUT2D eigenvalue weighted by atomic mass is 32.2. The van der Waals surface area contributed by atoms with E-state index >= 15 is 0 Å². The number of nitrogens with one attached hydrogen (secondary N) is 1. The number of hydrogen-bond donors (Lipinski definition) is 2. The number of thioether (sulfide) groups is 1. The van der Waals surface area contributed by atoms with E-state index in [0.29, 0.717) is 30.0 Å². The van der Waals surface area contributed by atoms with E-state index in [0.717, 1.165) is 21.6 Å². The van der Waals surface area contributed by atoms with Gasteiger partial charge in [0.1, 0.15) is 4.88 Å². The number of carboxylic acid groups (broad SMARTS) is 1. The SMILES string of the molecule is Cc1ccc(C(C)CNc2cc(-c3ccc(CCC(=O)C4=CSC=CC4C)cc3)sc2C(=O)O)cc1. The normalized spacial score (nSPS) is 15.9. The van der Waals surface area contributed by atoms with E-state index in [2.05, 4.69) is 49.5 Å². The molecule has 2 N–H and O–H groups in total. The van der Waals surface area contributed by atoms with Crippen LogP contribution in [0.1, 0.15) is 52.5 Å². The number of carbonyl (C=O) groups excluding carboxylic acids is 1. The van der Waals surface area contributed by atoms with E-state index in [4.69, 9.17) is 0 Å². The molecule has 186 valence electrons. The van der Waals surface area contributed by atoms with Gasteiger partial charge in [0.25, 0.3) is 0 Å². The minimum absolute atomic E-state index is 0.172. The highest BCUT2D eigenvalue weighted by Crippen LogP contribution is 2.35. The van der Waals surface area contributed by atoms with Crippen LogP contribution in [0.15, 0.2) is 77.1 Å². The predicted octanol–water partition coefficient (Wildman–Crippen LogP) is 7.92. The first-order valence-electron chi connectivity index (χ1n) is 12.1. The number of ketones is 1. The van der Waals surface area contributed by atoms with Crippen molar-refractivity contribution in [1.82, 2.24) is 0 Å². The Kier molecular flexibility index (Phi) is 8.49. The second kappa shape index (κ2) is 11.8. The zero-order valence-corrected chi connectivity index (χ0v) is 22.4. The Balaban J connectivity index is 1.40. The van der Waals surface area contributed by atoms with Crippen molar-refractivity contribution in [3.63, 3.8) is 0 Å². The summed E-state index contributed by atoms with van der Waals surface area (Å²) in [5.41, 5.74) is 6.05. The Bertz CT molecular complexity index is 1290. The second-order valence-corrected chi connectivity index (χ2v) is 11.1. The van der Waals surface area contributed by atoms with Crippen LogP contribution in [-0.2, 0) is 11.2 Å². The van der Waals surface area contributed by atoms with Crippen LogP contribution in [0.4, 0.5) is 5.69 Å². The number of anilines is 1. The molecule has 2 unspecified atom stereocenters. The van der Waals surface area contributed by atoms with Crippen molar-refractivity contribution in [2.45, 2.75) is 39.5 Å². The summed E-state index contributed by atoms with van der Waals surface area (Å²) >= 11 is 2.84. The highest BCUT2D eigenvalue weighted by molar-refractivity contribution is 8.05. The lowest BCUT2D eigenvalue weighted by atomic mass is 9.94. The van der Waals surface area contributed by atoms with Crippen LogP contribution in [0.2, 0.25) is 0 Å². The lowest BCUT2D eigenvalue weighted by Crippen LogP contribution is -2.11. The number of rotatable bonds is 10. The van der Waals surface area contributed by atoms with Gasteiger partial charge in [0.2, 0.25) is 0 Å². The molecule has 0 amide bonds. The van der Waals surface area contributed by atoms with Crippen molar-refractivity contribution in [3.05, 3.63) is 98.6 Å². The number of aromatic carboxylic acids is 1. The first-order valence-corrected chi connectivity index (χ1v) is 13.9. The van der Waals surface area contributed by atoms with E-state index in [1.807, 2.05) is 48.1 Å². The summed E-state index contributed by atoms with van der Waals surface area (Å²) in [4.78, 5) is 25.7. The molecule has 2 aromatic carbocycles. The molecule has 0 fully saturated rings. The van der Waals surface area contributed by atoms with E-state index in [9.17, 15) is 14.7 Å². The van der Waals surface area contributed by atoms with Crippen LogP contribution in [-0.4, -0.2) is 23.4 Å². The van der Waals surface area contributed by atoms with E-state index in [1.165, 1.54) is 22.5 Å². The van der Waals surface area contributed by atoms with Gasteiger partial charge in [-0.1, -0.05) is 74.0 Å². The molecule has 4 nitrogen and oxygen atoms in total. The van der Waals surface area contributed by atoms with Crippen molar-refractivity contribution >= 4 is 40.5 Å². The van der Waals surface area contributed by atoms with E-state index < -0.39 is 5.97 Å². The molecule has 0 spiro atoms. The van der Waals surface area contributed by atoms with Crippen molar-refractivity contribution in [2.75, 3.05) is 11.9 Å². The Morgan fingerprint density at radius 2 is 1.81 bits per heavy atom. The number of hydrogen-bond acceptors (Lipinski definition) is 5. The maximum Gasteiger partial charge on any atom is 0.348 e. The molecule has 36 heavy (non-hydrogen) atoms. The van der Waals surface area contributed by atoms with Crippen LogP contribution in [0, 0.1) is 12.8 Å². The molecule has 0 aliphatic carbocycles. The minimum Gasteiger partial charge on any atom is -0.477 e. The number of carboxylic acids is 1. The summed E-state index contributed by atoms with van der Waals surface area (Å²) in [6, 6.07) is 18.4. The number of aryl methyl sites for hydroxylation is 2. The van der Waals surface area contributed by atoms with Gasteiger partial charge in [-0.2, -0.15) is 0 Å². The molecule has 0 saturated heterocycles. The van der Waals surface area contributed by atoms with Gasteiger partial charge in [0, 0.05) is 29.3 Å². The van der Waals surface area contributed by atoms with Gasteiger partial charge < -0.3 is 10.4 Å². The monoisotopic (exact) mass is 517 g/mol.